The lowest BCUT2D eigenvalue weighted by molar-refractivity contribution is -0.143. The number of esters is 1. The number of carbonyl (C=O) groups is 2. The second kappa shape index (κ2) is 68.1. The van der Waals surface area contributed by atoms with E-state index in [0.717, 1.165) is 38.5 Å². The molecule has 3 N–H and O–H groups in total. The van der Waals surface area contributed by atoms with Crippen molar-refractivity contribution in [3.8, 4) is 0 Å². The number of carbonyl (C=O) groups excluding carboxylic acids is 2. The van der Waals surface area contributed by atoms with Crippen LogP contribution >= 0.6 is 0 Å². The van der Waals surface area contributed by atoms with Crippen molar-refractivity contribution < 1.29 is 24.5 Å². The van der Waals surface area contributed by atoms with Crippen LogP contribution in [0.3, 0.4) is 0 Å². The van der Waals surface area contributed by atoms with E-state index in [9.17, 15) is 19.8 Å². The van der Waals surface area contributed by atoms with Crippen LogP contribution in [-0.4, -0.2) is 47.4 Å². The van der Waals surface area contributed by atoms with Gasteiger partial charge in [-0.3, -0.25) is 9.59 Å². The Balaban J connectivity index is 3.36. The molecule has 0 rings (SSSR count). The summed E-state index contributed by atoms with van der Waals surface area (Å²) in [4.78, 5) is 24.6. The number of nitrogens with one attached hydrogen (secondary N) is 1. The molecule has 0 aromatic carbocycles. The molecule has 0 aliphatic rings. The highest BCUT2D eigenvalue weighted by Gasteiger charge is 2.20. The number of ether oxygens (including phenoxy) is 1. The van der Waals surface area contributed by atoms with Crippen LogP contribution in [0.1, 0.15) is 412 Å². The van der Waals surface area contributed by atoms with Crippen LogP contribution < -0.4 is 5.32 Å². The Morgan fingerprint density at radius 1 is 0.346 bits per heavy atom. The zero-order chi connectivity index (χ0) is 56.4. The molecule has 0 radical (unpaired) electrons. The van der Waals surface area contributed by atoms with Crippen molar-refractivity contribution in [2.45, 2.75) is 424 Å². The normalized spacial score (nSPS) is 12.5. The Kier molecular flexibility index (Phi) is 66.9. The van der Waals surface area contributed by atoms with Crippen molar-refractivity contribution in [1.82, 2.24) is 5.32 Å². The Morgan fingerprint density at radius 2 is 0.603 bits per heavy atom. The minimum Gasteiger partial charge on any atom is -0.466 e. The number of allylic oxidation sites excluding steroid dienone is 2. The first kappa shape index (κ1) is 76.6. The summed E-state index contributed by atoms with van der Waals surface area (Å²) in [5.74, 6) is -0.0108. The van der Waals surface area contributed by atoms with Gasteiger partial charge in [0.1, 0.15) is 0 Å². The van der Waals surface area contributed by atoms with Gasteiger partial charge in [-0.05, 0) is 51.4 Å². The summed E-state index contributed by atoms with van der Waals surface area (Å²) >= 11 is 0. The third kappa shape index (κ3) is 63.8. The highest BCUT2D eigenvalue weighted by atomic mass is 16.5. The van der Waals surface area contributed by atoms with E-state index in [1.54, 1.807) is 0 Å². The summed E-state index contributed by atoms with van der Waals surface area (Å²) in [5.41, 5.74) is 0. The first-order chi connectivity index (χ1) is 38.5. The molecule has 0 spiro atoms. The van der Waals surface area contributed by atoms with Crippen LogP contribution in [0.15, 0.2) is 12.2 Å². The summed E-state index contributed by atoms with van der Waals surface area (Å²) in [6, 6.07) is -0.541. The number of hydrogen-bond acceptors (Lipinski definition) is 5. The number of aliphatic hydroxyl groups excluding tert-OH is 2. The number of hydrogen-bond donors (Lipinski definition) is 3. The molecule has 2 atom stereocenters. The standard InChI is InChI=1S/C72H141NO5/c1-3-5-7-9-11-13-15-17-19-20-33-37-40-44-48-52-56-60-64-70(75)69(68-74)73-71(76)65-61-57-53-49-45-41-38-34-31-29-27-25-23-21-22-24-26-28-30-32-35-39-43-47-51-55-59-63-67-78-72(77)66-62-58-54-50-46-42-36-18-16-14-12-10-8-6-4-2/h21-22,69-70,74-75H,3-20,23-68H2,1-2H3,(H,73,76)/b22-21-. The van der Waals surface area contributed by atoms with E-state index in [-0.39, 0.29) is 18.5 Å². The first-order valence-corrected chi connectivity index (χ1v) is 35.9. The topological polar surface area (TPSA) is 95.9 Å². The summed E-state index contributed by atoms with van der Waals surface area (Å²) in [7, 11) is 0. The molecule has 0 bridgehead atoms. The molecule has 0 saturated heterocycles. The van der Waals surface area contributed by atoms with Gasteiger partial charge in [-0.25, -0.2) is 0 Å². The molecule has 0 fully saturated rings. The van der Waals surface area contributed by atoms with Gasteiger partial charge in [-0.15, -0.1) is 0 Å². The van der Waals surface area contributed by atoms with Crippen LogP contribution in [0.2, 0.25) is 0 Å². The van der Waals surface area contributed by atoms with Crippen LogP contribution in [-0.2, 0) is 14.3 Å². The van der Waals surface area contributed by atoms with Crippen LogP contribution in [0.25, 0.3) is 0 Å². The molecule has 78 heavy (non-hydrogen) atoms. The van der Waals surface area contributed by atoms with Gasteiger partial charge in [0.05, 0.1) is 25.4 Å². The second-order valence-electron chi connectivity index (χ2n) is 24.9. The lowest BCUT2D eigenvalue weighted by Crippen LogP contribution is -2.45. The molecule has 0 aliphatic heterocycles. The molecule has 1 amide bonds. The fourth-order valence-electron chi connectivity index (χ4n) is 11.6. The van der Waals surface area contributed by atoms with Gasteiger partial charge in [0.25, 0.3) is 0 Å². The monoisotopic (exact) mass is 1100 g/mol. The Hall–Kier alpha value is -1.40. The van der Waals surface area contributed by atoms with Gasteiger partial charge in [0.2, 0.25) is 5.91 Å². The molecule has 0 aromatic rings. The van der Waals surface area contributed by atoms with Crippen molar-refractivity contribution in [3.63, 3.8) is 0 Å². The largest absolute Gasteiger partial charge is 0.466 e. The Morgan fingerprint density at radius 3 is 0.910 bits per heavy atom. The smallest absolute Gasteiger partial charge is 0.305 e. The molecule has 6 nitrogen and oxygen atoms in total. The highest BCUT2D eigenvalue weighted by molar-refractivity contribution is 5.76. The van der Waals surface area contributed by atoms with Gasteiger partial charge < -0.3 is 20.3 Å². The Labute approximate surface area is 489 Å². The molecule has 464 valence electrons. The van der Waals surface area contributed by atoms with Gasteiger partial charge in [-0.1, -0.05) is 360 Å². The van der Waals surface area contributed by atoms with Crippen molar-refractivity contribution in [3.05, 3.63) is 12.2 Å². The molecule has 0 aromatic heterocycles. The van der Waals surface area contributed by atoms with E-state index in [1.807, 2.05) is 0 Å². The minimum atomic E-state index is -0.664. The van der Waals surface area contributed by atoms with Gasteiger partial charge in [-0.2, -0.15) is 0 Å². The number of amides is 1. The molecular weight excluding hydrogens is 959 g/mol. The van der Waals surface area contributed by atoms with E-state index in [0.29, 0.717) is 25.9 Å². The van der Waals surface area contributed by atoms with Crippen LogP contribution in [0.4, 0.5) is 0 Å². The Bertz CT molecular complexity index is 1180. The quantitative estimate of drug-likeness (QED) is 0.0320. The fraction of sp³-hybridized carbons (Fsp3) is 0.944. The fourth-order valence-corrected chi connectivity index (χ4v) is 11.6. The van der Waals surface area contributed by atoms with Crippen molar-refractivity contribution in [2.24, 2.45) is 0 Å². The van der Waals surface area contributed by atoms with Crippen molar-refractivity contribution in [1.29, 1.82) is 0 Å². The van der Waals surface area contributed by atoms with Gasteiger partial charge in [0.15, 0.2) is 0 Å². The van der Waals surface area contributed by atoms with Gasteiger partial charge in [0, 0.05) is 12.8 Å². The zero-order valence-corrected chi connectivity index (χ0v) is 53.2. The maximum absolute atomic E-state index is 12.5. The average Bonchev–Trinajstić information content (AvgIpc) is 3.44. The summed E-state index contributed by atoms with van der Waals surface area (Å²) in [5, 5.41) is 23.4. The third-order valence-corrected chi connectivity index (χ3v) is 17.1. The lowest BCUT2D eigenvalue weighted by atomic mass is 10.0. The number of aliphatic hydroxyl groups is 2. The van der Waals surface area contributed by atoms with E-state index >= 15 is 0 Å². The summed E-state index contributed by atoms with van der Waals surface area (Å²) in [6.45, 7) is 5.00. The predicted molar refractivity (Wildman–Crippen MR) is 343 cm³/mol. The maximum Gasteiger partial charge on any atom is 0.305 e. The molecule has 0 aliphatic carbocycles. The summed E-state index contributed by atoms with van der Waals surface area (Å²) in [6.07, 6.45) is 84.1. The number of rotatable bonds is 68. The van der Waals surface area contributed by atoms with E-state index < -0.39 is 12.1 Å². The molecular formula is C72H141NO5. The first-order valence-electron chi connectivity index (χ1n) is 35.9. The summed E-state index contributed by atoms with van der Waals surface area (Å²) < 4.78 is 5.50. The average molecular weight is 1100 g/mol. The maximum atomic E-state index is 12.5. The molecule has 2 unspecified atom stereocenters. The third-order valence-electron chi connectivity index (χ3n) is 17.1. The van der Waals surface area contributed by atoms with E-state index in [1.165, 1.54) is 340 Å². The van der Waals surface area contributed by atoms with Crippen molar-refractivity contribution in [2.75, 3.05) is 13.2 Å². The van der Waals surface area contributed by atoms with Crippen molar-refractivity contribution >= 4 is 11.9 Å². The highest BCUT2D eigenvalue weighted by Crippen LogP contribution is 2.19. The second-order valence-corrected chi connectivity index (χ2v) is 24.9. The SMILES string of the molecule is CCCCCCCCCCCCCCCCCCCCC(O)C(CO)NC(=O)CCCCCCCCCCCCCC/C=C\CCCCCCCCCCCCCCOC(=O)CCCCCCCCCCCCCCCCC. The lowest BCUT2D eigenvalue weighted by Gasteiger charge is -2.22. The predicted octanol–water partition coefficient (Wildman–Crippen LogP) is 23.1. The molecule has 0 saturated carbocycles. The van der Waals surface area contributed by atoms with Gasteiger partial charge >= 0.3 is 5.97 Å². The number of unbranched alkanes of at least 4 members (excludes halogenated alkanes) is 55. The molecule has 6 heteroatoms. The minimum absolute atomic E-state index is 0.0198. The van der Waals surface area contributed by atoms with E-state index in [2.05, 4.69) is 31.3 Å². The van der Waals surface area contributed by atoms with Crippen LogP contribution in [0.5, 0.6) is 0 Å². The zero-order valence-electron chi connectivity index (χ0n) is 53.2. The molecule has 0 heterocycles. The van der Waals surface area contributed by atoms with Crippen LogP contribution in [0, 0.1) is 0 Å². The van der Waals surface area contributed by atoms with E-state index in [4.69, 9.17) is 4.74 Å².